The lowest BCUT2D eigenvalue weighted by Gasteiger charge is -2.16. The fourth-order valence-electron chi connectivity index (χ4n) is 1.39. The smallest absolute Gasteiger partial charge is 0.326 e. The summed E-state index contributed by atoms with van der Waals surface area (Å²) < 4.78 is 74.5. The summed E-state index contributed by atoms with van der Waals surface area (Å²) in [4.78, 5) is 11.4. The van der Waals surface area contributed by atoms with Gasteiger partial charge in [-0.2, -0.15) is 8.78 Å². The molecule has 21 heavy (non-hydrogen) atoms. The largest absolute Gasteiger partial charge is 0.485 e. The van der Waals surface area contributed by atoms with Gasteiger partial charge in [-0.15, -0.1) is 0 Å². The van der Waals surface area contributed by atoms with Crippen molar-refractivity contribution in [2.24, 2.45) is 0 Å². The molecule has 0 amide bonds. The molecule has 1 atom stereocenters. The minimum atomic E-state index is -2.28. The second kappa shape index (κ2) is 7.21. The van der Waals surface area contributed by atoms with Gasteiger partial charge in [-0.05, 0) is 14.0 Å². The van der Waals surface area contributed by atoms with E-state index in [9.17, 15) is 26.7 Å². The maximum Gasteiger partial charge on any atom is 0.326 e. The van der Waals surface area contributed by atoms with Crippen molar-refractivity contribution in [3.05, 3.63) is 29.1 Å². The molecule has 0 aliphatic carbocycles. The number of carbonyl (C=O) groups is 1. The van der Waals surface area contributed by atoms with Gasteiger partial charge in [-0.1, -0.05) is 0 Å². The number of likely N-dealkylation sites (N-methyl/N-ethyl adjacent to an activating group) is 1. The Morgan fingerprint density at radius 1 is 1.05 bits per heavy atom. The fourth-order valence-corrected chi connectivity index (χ4v) is 1.39. The van der Waals surface area contributed by atoms with Crippen LogP contribution < -0.4 is 10.1 Å². The SMILES string of the molecule is CCOC(=O)C(COc1c(F)c(F)c(F)c(F)c1F)NC. The molecular weight excluding hydrogens is 301 g/mol. The van der Waals surface area contributed by atoms with Crippen LogP contribution in [0.25, 0.3) is 0 Å². The van der Waals surface area contributed by atoms with Crippen molar-refractivity contribution in [3.63, 3.8) is 0 Å². The molecule has 1 unspecified atom stereocenters. The van der Waals surface area contributed by atoms with E-state index in [4.69, 9.17) is 0 Å². The zero-order valence-electron chi connectivity index (χ0n) is 11.1. The van der Waals surface area contributed by atoms with Gasteiger partial charge in [0.05, 0.1) is 6.61 Å². The fraction of sp³-hybridized carbons (Fsp3) is 0.417. The first kappa shape index (κ1) is 17.2. The Hall–Kier alpha value is -1.90. The van der Waals surface area contributed by atoms with Crippen molar-refractivity contribution in [1.82, 2.24) is 5.32 Å². The molecule has 0 saturated carbocycles. The van der Waals surface area contributed by atoms with Gasteiger partial charge in [0.25, 0.3) is 0 Å². The van der Waals surface area contributed by atoms with Gasteiger partial charge in [0.2, 0.25) is 29.1 Å². The average Bonchev–Trinajstić information content (AvgIpc) is 2.47. The molecule has 0 aromatic heterocycles. The van der Waals surface area contributed by atoms with E-state index in [1.165, 1.54) is 14.0 Å². The van der Waals surface area contributed by atoms with Gasteiger partial charge in [0.1, 0.15) is 12.6 Å². The Labute approximate surface area is 116 Å². The zero-order chi connectivity index (χ0) is 16.2. The molecular formula is C12H12F5NO3. The maximum atomic E-state index is 13.3. The molecule has 0 aliphatic heterocycles. The highest BCUT2D eigenvalue weighted by atomic mass is 19.2. The van der Waals surface area contributed by atoms with Crippen molar-refractivity contribution in [3.8, 4) is 5.75 Å². The van der Waals surface area contributed by atoms with E-state index in [2.05, 4.69) is 14.8 Å². The van der Waals surface area contributed by atoms with Crippen molar-refractivity contribution >= 4 is 5.97 Å². The lowest BCUT2D eigenvalue weighted by atomic mass is 10.2. The van der Waals surface area contributed by atoms with Gasteiger partial charge >= 0.3 is 5.97 Å². The third kappa shape index (κ3) is 3.60. The molecule has 0 bridgehead atoms. The van der Waals surface area contributed by atoms with E-state index in [0.717, 1.165) is 0 Å². The van der Waals surface area contributed by atoms with Crippen molar-refractivity contribution in [2.75, 3.05) is 20.3 Å². The lowest BCUT2D eigenvalue weighted by Crippen LogP contribution is -2.40. The second-order valence-electron chi connectivity index (χ2n) is 3.80. The minimum absolute atomic E-state index is 0.0551. The van der Waals surface area contributed by atoms with Crippen LogP contribution in [0.3, 0.4) is 0 Å². The van der Waals surface area contributed by atoms with Crippen LogP contribution in [0.5, 0.6) is 5.75 Å². The summed E-state index contributed by atoms with van der Waals surface area (Å²) in [5.74, 6) is -13.0. The standard InChI is InChI=1S/C12H12F5NO3/c1-3-20-12(19)5(18-2)4-21-11-9(16)7(14)6(13)8(15)10(11)17/h5,18H,3-4H2,1-2H3. The summed E-state index contributed by atoms with van der Waals surface area (Å²) >= 11 is 0. The van der Waals surface area contributed by atoms with Crippen LogP contribution in [0.1, 0.15) is 6.92 Å². The predicted octanol–water partition coefficient (Wildman–Crippen LogP) is 1.91. The Morgan fingerprint density at radius 2 is 1.52 bits per heavy atom. The van der Waals surface area contributed by atoms with E-state index < -0.39 is 53.5 Å². The van der Waals surface area contributed by atoms with Crippen LogP contribution in [0.2, 0.25) is 0 Å². The van der Waals surface area contributed by atoms with Gasteiger partial charge in [-0.3, -0.25) is 4.79 Å². The molecule has 0 spiro atoms. The van der Waals surface area contributed by atoms with E-state index in [1.54, 1.807) is 0 Å². The normalized spacial score (nSPS) is 12.1. The summed E-state index contributed by atoms with van der Waals surface area (Å²) in [5, 5.41) is 2.43. The number of nitrogens with one attached hydrogen (secondary N) is 1. The number of ether oxygens (including phenoxy) is 2. The highest BCUT2D eigenvalue weighted by molar-refractivity contribution is 5.75. The molecule has 9 heteroatoms. The number of esters is 1. The van der Waals surface area contributed by atoms with E-state index in [1.807, 2.05) is 0 Å². The van der Waals surface area contributed by atoms with Crippen molar-refractivity contribution in [2.45, 2.75) is 13.0 Å². The minimum Gasteiger partial charge on any atom is -0.485 e. The molecule has 0 radical (unpaired) electrons. The number of hydrogen-bond acceptors (Lipinski definition) is 4. The van der Waals surface area contributed by atoms with E-state index >= 15 is 0 Å². The van der Waals surface area contributed by atoms with Crippen LogP contribution in [0.4, 0.5) is 22.0 Å². The van der Waals surface area contributed by atoms with Crippen molar-refractivity contribution < 1.29 is 36.2 Å². The zero-order valence-corrected chi connectivity index (χ0v) is 11.1. The molecule has 1 aromatic carbocycles. The third-order valence-electron chi connectivity index (χ3n) is 2.48. The monoisotopic (exact) mass is 313 g/mol. The van der Waals surface area contributed by atoms with Crippen LogP contribution in [-0.2, 0) is 9.53 Å². The Bertz CT molecular complexity index is 509. The molecule has 118 valence electrons. The van der Waals surface area contributed by atoms with Gasteiger partial charge in [0.15, 0.2) is 5.75 Å². The maximum absolute atomic E-state index is 13.3. The number of rotatable bonds is 6. The number of halogens is 5. The summed E-state index contributed by atoms with van der Waals surface area (Å²) in [5.41, 5.74) is 0. The number of benzene rings is 1. The van der Waals surface area contributed by atoms with Crippen LogP contribution in [0.15, 0.2) is 0 Å². The van der Waals surface area contributed by atoms with Crippen LogP contribution in [0, 0.1) is 29.1 Å². The molecule has 0 fully saturated rings. The second-order valence-corrected chi connectivity index (χ2v) is 3.80. The highest BCUT2D eigenvalue weighted by Gasteiger charge is 2.28. The first-order chi connectivity index (χ1) is 9.84. The van der Waals surface area contributed by atoms with Gasteiger partial charge in [-0.25, -0.2) is 13.2 Å². The van der Waals surface area contributed by atoms with Crippen LogP contribution >= 0.6 is 0 Å². The molecule has 1 aromatic rings. The first-order valence-electron chi connectivity index (χ1n) is 5.83. The predicted molar refractivity (Wildman–Crippen MR) is 61.2 cm³/mol. The quantitative estimate of drug-likeness (QED) is 0.377. The Kier molecular flexibility index (Phi) is 5.89. The molecule has 1 N–H and O–H groups in total. The molecule has 0 heterocycles. The lowest BCUT2D eigenvalue weighted by molar-refractivity contribution is -0.146. The highest BCUT2D eigenvalue weighted by Crippen LogP contribution is 2.29. The van der Waals surface area contributed by atoms with Crippen molar-refractivity contribution in [1.29, 1.82) is 0 Å². The number of carbonyl (C=O) groups excluding carboxylic acids is 1. The van der Waals surface area contributed by atoms with Gasteiger partial charge in [0, 0.05) is 0 Å². The van der Waals surface area contributed by atoms with Gasteiger partial charge < -0.3 is 14.8 Å². The average molecular weight is 313 g/mol. The molecule has 4 nitrogen and oxygen atoms in total. The topological polar surface area (TPSA) is 47.6 Å². The molecule has 0 saturated heterocycles. The van der Waals surface area contributed by atoms with E-state index in [0.29, 0.717) is 0 Å². The molecule has 1 rings (SSSR count). The summed E-state index contributed by atoms with van der Waals surface area (Å²) in [7, 11) is 1.34. The summed E-state index contributed by atoms with van der Waals surface area (Å²) in [6, 6.07) is -1.13. The first-order valence-corrected chi connectivity index (χ1v) is 5.83. The third-order valence-corrected chi connectivity index (χ3v) is 2.48. The molecule has 0 aliphatic rings. The summed E-state index contributed by atoms with van der Waals surface area (Å²) in [6.45, 7) is 0.919. The summed E-state index contributed by atoms with van der Waals surface area (Å²) in [6.07, 6.45) is 0. The van der Waals surface area contributed by atoms with Crippen LogP contribution in [-0.4, -0.2) is 32.3 Å². The Balaban J connectivity index is 2.96. The Morgan fingerprint density at radius 3 is 1.95 bits per heavy atom. The van der Waals surface area contributed by atoms with E-state index in [-0.39, 0.29) is 6.61 Å². The number of hydrogen-bond donors (Lipinski definition) is 1.